The molecular weight excluding hydrogens is 420 g/mol. The molecule has 0 spiro atoms. The van der Waals surface area contributed by atoms with Crippen LogP contribution in [0.3, 0.4) is 0 Å². The van der Waals surface area contributed by atoms with Crippen molar-refractivity contribution in [3.8, 4) is 28.4 Å². The summed E-state index contributed by atoms with van der Waals surface area (Å²) in [5.74, 6) is -1.51. The van der Waals surface area contributed by atoms with Crippen molar-refractivity contribution in [2.75, 3.05) is 0 Å². The number of fused-ring (bicyclic) bond motifs is 1. The highest BCUT2D eigenvalue weighted by atomic mass is 32.3. The maximum absolute atomic E-state index is 12.6. The van der Waals surface area contributed by atoms with E-state index in [-0.39, 0.29) is 27.8 Å². The highest BCUT2D eigenvalue weighted by Gasteiger charge is 2.15. The van der Waals surface area contributed by atoms with Crippen molar-refractivity contribution in [3.63, 3.8) is 0 Å². The minimum Gasteiger partial charge on any atom is -0.716 e. The van der Waals surface area contributed by atoms with Crippen LogP contribution >= 0.6 is 0 Å². The Bertz CT molecular complexity index is 1320. The molecule has 0 aliphatic heterocycles. The molecule has 3 aromatic rings. The zero-order valence-corrected chi connectivity index (χ0v) is 15.0. The number of benzene rings is 2. The number of aromatic hydroxyl groups is 1. The first-order valence-corrected chi connectivity index (χ1v) is 9.79. The Morgan fingerprint density at radius 2 is 1.46 bits per heavy atom. The summed E-state index contributed by atoms with van der Waals surface area (Å²) in [5.41, 5.74) is -0.747. The second-order valence-corrected chi connectivity index (χ2v) is 7.27. The summed E-state index contributed by atoms with van der Waals surface area (Å²) in [6.07, 6.45) is 1.000. The van der Waals surface area contributed by atoms with Crippen molar-refractivity contribution in [2.24, 2.45) is 0 Å². The molecule has 28 heavy (non-hydrogen) atoms. The van der Waals surface area contributed by atoms with Gasteiger partial charge in [0.2, 0.25) is 5.43 Å². The second kappa shape index (κ2) is 6.79. The number of hydrogen-bond acceptors (Lipinski definition) is 11. The van der Waals surface area contributed by atoms with Gasteiger partial charge in [-0.2, -0.15) is 0 Å². The fraction of sp³-hybridized carbons (Fsp3) is 0. The lowest BCUT2D eigenvalue weighted by Gasteiger charge is -2.11. The maximum atomic E-state index is 12.6. The summed E-state index contributed by atoms with van der Waals surface area (Å²) in [5, 5.41) is 9.70. The first kappa shape index (κ1) is 19.6. The van der Waals surface area contributed by atoms with Gasteiger partial charge in [-0.1, -0.05) is 12.1 Å². The Labute approximate surface area is 157 Å². The zero-order chi connectivity index (χ0) is 20.7. The number of rotatable bonds is 5. The standard InChI is InChI=1S/C15H10O11S2/c16-12-5-10(26-28(21,22)23)6-13-14(12)15(17)11(7-24-13)8-1-3-9(4-2-8)25-27(18,19)20/h1-7,16H,(H,18,19,20)(H,21,22,23)/p-2. The summed E-state index contributed by atoms with van der Waals surface area (Å²) in [4.78, 5) is 12.6. The first-order valence-electron chi connectivity index (χ1n) is 7.12. The van der Waals surface area contributed by atoms with E-state index in [1.54, 1.807) is 0 Å². The van der Waals surface area contributed by atoms with E-state index in [4.69, 9.17) is 4.42 Å². The van der Waals surface area contributed by atoms with Crippen molar-refractivity contribution < 1.29 is 43.8 Å². The van der Waals surface area contributed by atoms with Gasteiger partial charge in [-0.3, -0.25) is 4.79 Å². The largest absolute Gasteiger partial charge is 0.716 e. The van der Waals surface area contributed by atoms with Gasteiger partial charge in [0.25, 0.3) is 20.8 Å². The molecule has 1 aromatic heterocycles. The molecule has 1 N–H and O–H groups in total. The van der Waals surface area contributed by atoms with Gasteiger partial charge < -0.3 is 27.0 Å². The molecular formula is C15H8O11S2-2. The predicted molar refractivity (Wildman–Crippen MR) is 90.2 cm³/mol. The third kappa shape index (κ3) is 4.40. The minimum absolute atomic E-state index is 0.0376. The van der Waals surface area contributed by atoms with Crippen molar-refractivity contribution in [3.05, 3.63) is 52.9 Å². The number of hydrogen-bond donors (Lipinski definition) is 1. The van der Waals surface area contributed by atoms with E-state index in [2.05, 4.69) is 8.37 Å². The molecule has 0 unspecified atom stereocenters. The number of phenolic OH excluding ortho intramolecular Hbond substituents is 1. The highest BCUT2D eigenvalue weighted by Crippen LogP contribution is 2.31. The molecule has 11 nitrogen and oxygen atoms in total. The van der Waals surface area contributed by atoms with Gasteiger partial charge in [-0.15, -0.1) is 0 Å². The summed E-state index contributed by atoms with van der Waals surface area (Å²) in [7, 11) is -10.1. The monoisotopic (exact) mass is 428 g/mol. The summed E-state index contributed by atoms with van der Waals surface area (Å²) in [6.45, 7) is 0. The molecule has 0 bridgehead atoms. The van der Waals surface area contributed by atoms with Crippen LogP contribution in [0, 0.1) is 0 Å². The highest BCUT2D eigenvalue weighted by molar-refractivity contribution is 7.81. The Hall–Kier alpha value is -3.13. The van der Waals surface area contributed by atoms with Gasteiger partial charge in [0.1, 0.15) is 34.5 Å². The lowest BCUT2D eigenvalue weighted by Crippen LogP contribution is -2.09. The molecule has 0 aliphatic carbocycles. The molecule has 13 heteroatoms. The predicted octanol–water partition coefficient (Wildman–Crippen LogP) is 0.844. The van der Waals surface area contributed by atoms with Crippen molar-refractivity contribution in [1.82, 2.24) is 0 Å². The van der Waals surface area contributed by atoms with Crippen LogP contribution in [0.15, 0.2) is 51.9 Å². The quantitative estimate of drug-likeness (QED) is 0.449. The fourth-order valence-corrected chi connectivity index (χ4v) is 3.06. The van der Waals surface area contributed by atoms with Crippen molar-refractivity contribution in [2.45, 2.75) is 0 Å². The summed E-state index contributed by atoms with van der Waals surface area (Å²) >= 11 is 0. The Morgan fingerprint density at radius 1 is 0.893 bits per heavy atom. The van der Waals surface area contributed by atoms with E-state index in [0.29, 0.717) is 0 Å². The Kier molecular flexibility index (Phi) is 4.76. The van der Waals surface area contributed by atoms with Crippen molar-refractivity contribution in [1.29, 1.82) is 0 Å². The van der Waals surface area contributed by atoms with Gasteiger partial charge in [-0.05, 0) is 17.7 Å². The van der Waals surface area contributed by atoms with Gasteiger partial charge >= 0.3 is 0 Å². The Morgan fingerprint density at radius 3 is 2.04 bits per heavy atom. The molecule has 1 heterocycles. The van der Waals surface area contributed by atoms with Crippen LogP contribution in [0.2, 0.25) is 0 Å². The average molecular weight is 428 g/mol. The van der Waals surface area contributed by atoms with E-state index in [9.17, 15) is 35.8 Å². The van der Waals surface area contributed by atoms with Crippen LogP contribution in [0.1, 0.15) is 0 Å². The normalized spacial score (nSPS) is 12.1. The summed E-state index contributed by atoms with van der Waals surface area (Å²) in [6, 6.07) is 6.50. The van der Waals surface area contributed by atoms with Crippen LogP contribution in [0.25, 0.3) is 22.1 Å². The van der Waals surface area contributed by atoms with Gasteiger partial charge in [0, 0.05) is 12.1 Å². The van der Waals surface area contributed by atoms with Crippen molar-refractivity contribution >= 4 is 31.8 Å². The number of phenols is 1. The van der Waals surface area contributed by atoms with Crippen LogP contribution in [0.5, 0.6) is 17.2 Å². The van der Waals surface area contributed by atoms with Crippen LogP contribution in [-0.2, 0) is 20.8 Å². The van der Waals surface area contributed by atoms with Crippen LogP contribution in [-0.4, -0.2) is 31.0 Å². The smallest absolute Gasteiger partial charge is 0.262 e. The van der Waals surface area contributed by atoms with Crippen LogP contribution in [0.4, 0.5) is 0 Å². The first-order chi connectivity index (χ1) is 12.9. The van der Waals surface area contributed by atoms with E-state index < -0.39 is 37.7 Å². The molecule has 0 saturated carbocycles. The molecule has 0 radical (unpaired) electrons. The second-order valence-electron chi connectivity index (χ2n) is 5.30. The van der Waals surface area contributed by atoms with E-state index in [0.717, 1.165) is 30.5 Å². The van der Waals surface area contributed by atoms with Crippen LogP contribution < -0.4 is 13.8 Å². The topological polar surface area (TPSA) is 183 Å². The molecule has 0 fully saturated rings. The molecule has 0 aliphatic rings. The maximum Gasteiger partial charge on any atom is 0.262 e. The molecule has 0 atom stereocenters. The van der Waals surface area contributed by atoms with E-state index in [1.165, 1.54) is 12.1 Å². The molecule has 2 aromatic carbocycles. The van der Waals surface area contributed by atoms with Gasteiger partial charge in [0.05, 0.1) is 5.56 Å². The fourth-order valence-electron chi connectivity index (χ4n) is 2.38. The molecule has 3 rings (SSSR count). The third-order valence-corrected chi connectivity index (χ3v) is 4.19. The SMILES string of the molecule is O=c1c(-c2ccc(OS(=O)(=O)[O-])cc2)coc2cc(OS(=O)(=O)[O-])cc(O)c12. The van der Waals surface area contributed by atoms with E-state index >= 15 is 0 Å². The minimum atomic E-state index is -5.10. The lowest BCUT2D eigenvalue weighted by atomic mass is 10.0. The zero-order valence-electron chi connectivity index (χ0n) is 13.4. The average Bonchev–Trinajstić information content (AvgIpc) is 2.52. The molecule has 0 saturated heterocycles. The molecule has 148 valence electrons. The molecule has 0 amide bonds. The Balaban J connectivity index is 2.06. The van der Waals surface area contributed by atoms with E-state index in [1.807, 2.05) is 0 Å². The summed E-state index contributed by atoms with van der Waals surface area (Å²) < 4.78 is 77.1. The third-order valence-electron chi connectivity index (χ3n) is 3.39. The van der Waals surface area contributed by atoms with Gasteiger partial charge in [-0.25, -0.2) is 16.8 Å². The lowest BCUT2D eigenvalue weighted by molar-refractivity contribution is 0.369. The van der Waals surface area contributed by atoms with Gasteiger partial charge in [0.15, 0.2) is 0 Å².